The van der Waals surface area contributed by atoms with E-state index in [1.165, 1.54) is 11.0 Å². The number of ether oxygens (including phenoxy) is 1. The van der Waals surface area contributed by atoms with Crippen LogP contribution in [-0.2, 0) is 17.9 Å². The maximum absolute atomic E-state index is 15.5. The zero-order chi connectivity index (χ0) is 31.1. The summed E-state index contributed by atoms with van der Waals surface area (Å²) in [7, 11) is 0. The predicted molar refractivity (Wildman–Crippen MR) is 165 cm³/mol. The summed E-state index contributed by atoms with van der Waals surface area (Å²) < 4.78 is 51.1. The first-order valence-electron chi connectivity index (χ1n) is 15.4. The standard InChI is InChI=1S/C35H33F3N4O3/c36-29-17-25(41-16-15-35(37,38)21-41)12-10-23(29)19-42-32-14-13-26(45-20-24-11-9-22-5-1-4-8-30(22)39-24)18-31(32)40-33(42)27-6-2-3-7-28(27)34(43)44/h1,4-5,8-14,17-18,27-28H,2-3,6-7,15-16,19-21H2,(H,43,44)/t27-,28+/m0/s1. The predicted octanol–water partition coefficient (Wildman–Crippen LogP) is 7.55. The number of imidazole rings is 1. The Hall–Kier alpha value is -4.60. The number of carbonyl (C=O) groups is 1. The summed E-state index contributed by atoms with van der Waals surface area (Å²) in [6, 6.07) is 21.9. The number of hydrogen-bond acceptors (Lipinski definition) is 5. The highest BCUT2D eigenvalue weighted by Crippen LogP contribution is 2.40. The van der Waals surface area contributed by atoms with E-state index in [0.29, 0.717) is 41.2 Å². The van der Waals surface area contributed by atoms with Gasteiger partial charge in [-0.25, -0.2) is 23.1 Å². The van der Waals surface area contributed by atoms with Gasteiger partial charge >= 0.3 is 5.97 Å². The Balaban J connectivity index is 1.20. The Kier molecular flexibility index (Phi) is 7.59. The number of halogens is 3. The fraction of sp³-hybridized carbons (Fsp3) is 0.343. The van der Waals surface area contributed by atoms with Gasteiger partial charge in [0.15, 0.2) is 0 Å². The molecule has 2 fully saturated rings. The Morgan fingerprint density at radius 2 is 1.82 bits per heavy atom. The number of pyridine rings is 1. The van der Waals surface area contributed by atoms with Crippen LogP contribution in [0.5, 0.6) is 5.75 Å². The Morgan fingerprint density at radius 1 is 0.978 bits per heavy atom. The topological polar surface area (TPSA) is 80.5 Å². The fourth-order valence-corrected chi connectivity index (χ4v) is 6.74. The normalized spacial score (nSPS) is 19.8. The quantitative estimate of drug-likeness (QED) is 0.194. The van der Waals surface area contributed by atoms with Crippen LogP contribution in [0, 0.1) is 11.7 Å². The first-order valence-corrected chi connectivity index (χ1v) is 15.4. The Labute approximate surface area is 258 Å². The van der Waals surface area contributed by atoms with Crippen molar-refractivity contribution in [1.29, 1.82) is 0 Å². The second-order valence-corrected chi connectivity index (χ2v) is 12.1. The molecule has 0 unspecified atom stereocenters. The minimum Gasteiger partial charge on any atom is -0.487 e. The minimum absolute atomic E-state index is 0.123. The zero-order valence-corrected chi connectivity index (χ0v) is 24.6. The van der Waals surface area contributed by atoms with Crippen molar-refractivity contribution in [3.05, 3.63) is 95.7 Å². The number of fused-ring (bicyclic) bond motifs is 2. The number of aromatic nitrogens is 3. The molecule has 0 spiro atoms. The van der Waals surface area contributed by atoms with Gasteiger partial charge in [0.1, 0.15) is 24.0 Å². The summed E-state index contributed by atoms with van der Waals surface area (Å²) in [5.41, 5.74) is 3.82. The number of benzene rings is 3. The maximum atomic E-state index is 15.5. The van der Waals surface area contributed by atoms with Crippen molar-refractivity contribution < 1.29 is 27.8 Å². The Morgan fingerprint density at radius 3 is 2.62 bits per heavy atom. The first-order chi connectivity index (χ1) is 21.7. The number of carboxylic acid groups (broad SMARTS) is 1. The molecule has 10 heteroatoms. The number of para-hydroxylation sites is 1. The summed E-state index contributed by atoms with van der Waals surface area (Å²) in [5, 5.41) is 11.1. The van der Waals surface area contributed by atoms with E-state index in [0.717, 1.165) is 35.0 Å². The van der Waals surface area contributed by atoms with Crippen LogP contribution in [0.1, 0.15) is 55.1 Å². The van der Waals surface area contributed by atoms with Crippen LogP contribution in [0.15, 0.2) is 72.8 Å². The molecule has 1 aliphatic carbocycles. The van der Waals surface area contributed by atoms with Crippen LogP contribution < -0.4 is 9.64 Å². The smallest absolute Gasteiger partial charge is 0.307 e. The molecule has 7 nitrogen and oxygen atoms in total. The molecule has 1 aliphatic heterocycles. The number of aliphatic carboxylic acids is 1. The summed E-state index contributed by atoms with van der Waals surface area (Å²) >= 11 is 0. The van der Waals surface area contributed by atoms with Gasteiger partial charge in [0.05, 0.1) is 41.3 Å². The molecule has 5 aromatic rings. The van der Waals surface area contributed by atoms with Gasteiger partial charge in [-0.3, -0.25) is 4.79 Å². The number of nitrogens with zero attached hydrogens (tertiary/aromatic N) is 4. The number of rotatable bonds is 8. The third-order valence-electron chi connectivity index (χ3n) is 9.11. The number of anilines is 1. The van der Waals surface area contributed by atoms with Crippen molar-refractivity contribution in [2.45, 2.75) is 57.1 Å². The molecular weight excluding hydrogens is 581 g/mol. The molecule has 45 heavy (non-hydrogen) atoms. The van der Waals surface area contributed by atoms with Crippen molar-refractivity contribution in [3.8, 4) is 5.75 Å². The molecule has 1 saturated carbocycles. The van der Waals surface area contributed by atoms with Crippen molar-refractivity contribution in [2.24, 2.45) is 5.92 Å². The van der Waals surface area contributed by atoms with Crippen LogP contribution in [-0.4, -0.2) is 44.6 Å². The summed E-state index contributed by atoms with van der Waals surface area (Å²) in [6.07, 6.45) is 2.69. The number of carboxylic acids is 1. The van der Waals surface area contributed by atoms with E-state index in [-0.39, 0.29) is 32.0 Å². The van der Waals surface area contributed by atoms with E-state index < -0.39 is 30.2 Å². The highest BCUT2D eigenvalue weighted by molar-refractivity contribution is 5.79. The summed E-state index contributed by atoms with van der Waals surface area (Å²) in [5.74, 6) is -3.87. The summed E-state index contributed by atoms with van der Waals surface area (Å²) in [4.78, 5) is 23.4. The van der Waals surface area contributed by atoms with Crippen molar-refractivity contribution >= 4 is 33.6 Å². The molecule has 7 rings (SSSR count). The number of alkyl halides is 2. The van der Waals surface area contributed by atoms with Crippen molar-refractivity contribution in [3.63, 3.8) is 0 Å². The van der Waals surface area contributed by atoms with Crippen LogP contribution >= 0.6 is 0 Å². The largest absolute Gasteiger partial charge is 0.487 e. The van der Waals surface area contributed by atoms with Gasteiger partial charge in [-0.15, -0.1) is 0 Å². The lowest BCUT2D eigenvalue weighted by Gasteiger charge is -2.28. The second kappa shape index (κ2) is 11.7. The Bertz CT molecular complexity index is 1890. The van der Waals surface area contributed by atoms with Gasteiger partial charge in [0.2, 0.25) is 0 Å². The molecule has 0 radical (unpaired) electrons. The fourth-order valence-electron chi connectivity index (χ4n) is 6.74. The molecule has 3 aromatic carbocycles. The average Bonchev–Trinajstić information content (AvgIpc) is 3.59. The monoisotopic (exact) mass is 614 g/mol. The van der Waals surface area contributed by atoms with Gasteiger partial charge in [-0.1, -0.05) is 43.2 Å². The average molecular weight is 615 g/mol. The van der Waals surface area contributed by atoms with Crippen molar-refractivity contribution in [2.75, 3.05) is 18.0 Å². The van der Waals surface area contributed by atoms with Gasteiger partial charge in [-0.05, 0) is 49.2 Å². The van der Waals surface area contributed by atoms with Crippen LogP contribution in [0.2, 0.25) is 0 Å². The van der Waals surface area contributed by atoms with Gasteiger partial charge in [0.25, 0.3) is 5.92 Å². The van der Waals surface area contributed by atoms with Crippen LogP contribution in [0.3, 0.4) is 0 Å². The minimum atomic E-state index is -2.78. The zero-order valence-electron chi connectivity index (χ0n) is 24.6. The third kappa shape index (κ3) is 5.93. The molecule has 1 N–H and O–H groups in total. The lowest BCUT2D eigenvalue weighted by molar-refractivity contribution is -0.143. The molecule has 3 heterocycles. The highest BCUT2D eigenvalue weighted by atomic mass is 19.3. The molecule has 2 atom stereocenters. The number of hydrogen-bond donors (Lipinski definition) is 1. The van der Waals surface area contributed by atoms with Crippen LogP contribution in [0.25, 0.3) is 21.9 Å². The van der Waals surface area contributed by atoms with E-state index in [1.807, 2.05) is 59.2 Å². The molecular formula is C35H33F3N4O3. The van der Waals surface area contributed by atoms with E-state index >= 15 is 4.39 Å². The molecule has 2 aromatic heterocycles. The van der Waals surface area contributed by atoms with E-state index in [9.17, 15) is 18.7 Å². The molecule has 232 valence electrons. The van der Waals surface area contributed by atoms with Crippen molar-refractivity contribution in [1.82, 2.24) is 14.5 Å². The summed E-state index contributed by atoms with van der Waals surface area (Å²) in [6.45, 7) is 0.121. The first kappa shape index (κ1) is 29.1. The van der Waals surface area contributed by atoms with E-state index in [4.69, 9.17) is 9.72 Å². The molecule has 2 aliphatic rings. The van der Waals surface area contributed by atoms with Gasteiger partial charge in [-0.2, -0.15) is 0 Å². The molecule has 1 saturated heterocycles. The lowest BCUT2D eigenvalue weighted by Crippen LogP contribution is -2.28. The SMILES string of the molecule is O=C(O)[C@@H]1CCCC[C@@H]1c1nc2cc(OCc3ccc4ccccc4n3)ccc2n1Cc1ccc(N2CCC(F)(F)C2)cc1F. The maximum Gasteiger partial charge on any atom is 0.307 e. The lowest BCUT2D eigenvalue weighted by atomic mass is 9.78. The second-order valence-electron chi connectivity index (χ2n) is 12.1. The van der Waals surface area contributed by atoms with E-state index in [2.05, 4.69) is 4.98 Å². The highest BCUT2D eigenvalue weighted by Gasteiger charge is 2.39. The third-order valence-corrected chi connectivity index (χ3v) is 9.11. The molecule has 0 bridgehead atoms. The van der Waals surface area contributed by atoms with Crippen LogP contribution in [0.4, 0.5) is 18.9 Å². The molecule has 0 amide bonds. The van der Waals surface area contributed by atoms with Gasteiger partial charge < -0.3 is 19.3 Å². The van der Waals surface area contributed by atoms with Gasteiger partial charge in [0, 0.05) is 41.6 Å². The van der Waals surface area contributed by atoms with E-state index in [1.54, 1.807) is 12.1 Å².